The summed E-state index contributed by atoms with van der Waals surface area (Å²) in [6.45, 7) is 0.499. The molecule has 2 heterocycles. The summed E-state index contributed by atoms with van der Waals surface area (Å²) in [4.78, 5) is 20.0. The van der Waals surface area contributed by atoms with Crippen LogP contribution in [0, 0.1) is 0 Å². The highest BCUT2D eigenvalue weighted by Crippen LogP contribution is 2.15. The Kier molecular flexibility index (Phi) is 3.55. The lowest BCUT2D eigenvalue weighted by atomic mass is 10.1. The maximum absolute atomic E-state index is 12.3. The quantitative estimate of drug-likeness (QED) is 0.607. The van der Waals surface area contributed by atoms with E-state index in [1.807, 2.05) is 48.7 Å². The molecule has 4 rings (SSSR count). The Morgan fingerprint density at radius 3 is 2.79 bits per heavy atom. The fourth-order valence-corrected chi connectivity index (χ4v) is 2.52. The SMILES string of the molecule is O=C(NCc1ccccc1)c1ccc2nc(-n3cccn3)[nH]c2c1. The van der Waals surface area contributed by atoms with Crippen molar-refractivity contribution in [2.75, 3.05) is 0 Å². The van der Waals surface area contributed by atoms with Gasteiger partial charge in [-0.2, -0.15) is 5.10 Å². The predicted molar refractivity (Wildman–Crippen MR) is 90.8 cm³/mol. The summed E-state index contributed by atoms with van der Waals surface area (Å²) in [6, 6.07) is 17.1. The van der Waals surface area contributed by atoms with E-state index >= 15 is 0 Å². The zero-order valence-electron chi connectivity index (χ0n) is 12.8. The Labute approximate surface area is 138 Å². The molecule has 0 aliphatic carbocycles. The summed E-state index contributed by atoms with van der Waals surface area (Å²) in [6.07, 6.45) is 3.50. The van der Waals surface area contributed by atoms with E-state index in [9.17, 15) is 4.79 Å². The second-order valence-electron chi connectivity index (χ2n) is 5.41. The third kappa shape index (κ3) is 2.77. The zero-order valence-corrected chi connectivity index (χ0v) is 12.8. The molecule has 6 heteroatoms. The number of H-pyrrole nitrogens is 1. The fourth-order valence-electron chi connectivity index (χ4n) is 2.52. The van der Waals surface area contributed by atoms with Gasteiger partial charge in [0.25, 0.3) is 5.91 Å². The van der Waals surface area contributed by atoms with E-state index in [0.717, 1.165) is 16.6 Å². The number of aromatic nitrogens is 4. The molecule has 0 radical (unpaired) electrons. The molecule has 6 nitrogen and oxygen atoms in total. The molecule has 0 spiro atoms. The number of carbonyl (C=O) groups excluding carboxylic acids is 1. The summed E-state index contributed by atoms with van der Waals surface area (Å²) in [5.41, 5.74) is 3.25. The minimum atomic E-state index is -0.115. The average molecular weight is 317 g/mol. The lowest BCUT2D eigenvalue weighted by Gasteiger charge is -2.05. The number of fused-ring (bicyclic) bond motifs is 1. The topological polar surface area (TPSA) is 75.6 Å². The standard InChI is InChI=1S/C18H15N5O/c24-17(19-12-13-5-2-1-3-6-13)14-7-8-15-16(11-14)22-18(21-15)23-10-4-9-20-23/h1-11H,12H2,(H,19,24)(H,21,22). The van der Waals surface area contributed by atoms with Crippen LogP contribution in [0.25, 0.3) is 17.0 Å². The molecule has 0 atom stereocenters. The van der Waals surface area contributed by atoms with E-state index in [1.54, 1.807) is 23.0 Å². The number of rotatable bonds is 4. The van der Waals surface area contributed by atoms with Crippen LogP contribution < -0.4 is 5.32 Å². The first kappa shape index (κ1) is 14.2. The molecule has 4 aromatic rings. The molecule has 0 fully saturated rings. The Balaban J connectivity index is 1.55. The van der Waals surface area contributed by atoms with Crippen LogP contribution in [0.3, 0.4) is 0 Å². The molecule has 0 aliphatic rings. The largest absolute Gasteiger partial charge is 0.348 e. The maximum Gasteiger partial charge on any atom is 0.251 e. The number of nitrogens with zero attached hydrogens (tertiary/aromatic N) is 3. The van der Waals surface area contributed by atoms with Gasteiger partial charge in [-0.1, -0.05) is 30.3 Å². The fraction of sp³-hybridized carbons (Fsp3) is 0.0556. The van der Waals surface area contributed by atoms with Gasteiger partial charge in [0.05, 0.1) is 11.0 Å². The molecule has 0 unspecified atom stereocenters. The molecule has 0 bridgehead atoms. The van der Waals surface area contributed by atoms with Gasteiger partial charge in [0.1, 0.15) is 0 Å². The first-order valence-corrected chi connectivity index (χ1v) is 7.61. The van der Waals surface area contributed by atoms with Crippen molar-refractivity contribution in [3.8, 4) is 5.95 Å². The Morgan fingerprint density at radius 2 is 2.00 bits per heavy atom. The highest BCUT2D eigenvalue weighted by molar-refractivity contribution is 5.97. The van der Waals surface area contributed by atoms with Crippen LogP contribution in [0.1, 0.15) is 15.9 Å². The highest BCUT2D eigenvalue weighted by atomic mass is 16.1. The monoisotopic (exact) mass is 317 g/mol. The van der Waals surface area contributed by atoms with E-state index in [-0.39, 0.29) is 5.91 Å². The van der Waals surface area contributed by atoms with Crippen molar-refractivity contribution < 1.29 is 4.79 Å². The normalized spacial score (nSPS) is 10.8. The number of aromatic amines is 1. The molecular formula is C18H15N5O. The van der Waals surface area contributed by atoms with Crippen molar-refractivity contribution in [1.29, 1.82) is 0 Å². The smallest absolute Gasteiger partial charge is 0.251 e. The molecule has 118 valence electrons. The van der Waals surface area contributed by atoms with Gasteiger partial charge >= 0.3 is 0 Å². The van der Waals surface area contributed by atoms with Gasteiger partial charge in [-0.15, -0.1) is 0 Å². The van der Waals surface area contributed by atoms with Crippen LogP contribution in [-0.2, 0) is 6.54 Å². The summed E-state index contributed by atoms with van der Waals surface area (Å²) < 4.78 is 1.65. The van der Waals surface area contributed by atoms with Crippen LogP contribution in [0.4, 0.5) is 0 Å². The molecular weight excluding hydrogens is 302 g/mol. The second kappa shape index (κ2) is 6.00. The van der Waals surface area contributed by atoms with Gasteiger partial charge in [0, 0.05) is 24.5 Å². The number of hydrogen-bond acceptors (Lipinski definition) is 3. The van der Waals surface area contributed by atoms with E-state index in [1.165, 1.54) is 0 Å². The second-order valence-corrected chi connectivity index (χ2v) is 5.41. The van der Waals surface area contributed by atoms with Gasteiger partial charge in [0.2, 0.25) is 5.95 Å². The zero-order chi connectivity index (χ0) is 16.4. The number of nitrogens with one attached hydrogen (secondary N) is 2. The van der Waals surface area contributed by atoms with Crippen molar-refractivity contribution in [2.24, 2.45) is 0 Å². The first-order valence-electron chi connectivity index (χ1n) is 7.61. The molecule has 1 amide bonds. The molecule has 24 heavy (non-hydrogen) atoms. The molecule has 0 saturated carbocycles. The summed E-state index contributed by atoms with van der Waals surface area (Å²) >= 11 is 0. The Bertz CT molecular complexity index is 973. The third-order valence-electron chi connectivity index (χ3n) is 3.75. The minimum absolute atomic E-state index is 0.115. The van der Waals surface area contributed by atoms with E-state index in [4.69, 9.17) is 0 Å². The Morgan fingerprint density at radius 1 is 1.12 bits per heavy atom. The maximum atomic E-state index is 12.3. The van der Waals surface area contributed by atoms with Crippen LogP contribution in [0.2, 0.25) is 0 Å². The van der Waals surface area contributed by atoms with Crippen LogP contribution in [0.5, 0.6) is 0 Å². The van der Waals surface area contributed by atoms with Gasteiger partial charge in [-0.3, -0.25) is 4.79 Å². The minimum Gasteiger partial charge on any atom is -0.348 e. The van der Waals surface area contributed by atoms with Gasteiger partial charge in [-0.25, -0.2) is 9.67 Å². The van der Waals surface area contributed by atoms with Crippen LogP contribution in [0.15, 0.2) is 67.0 Å². The third-order valence-corrected chi connectivity index (χ3v) is 3.75. The molecule has 2 aromatic carbocycles. The van der Waals surface area contributed by atoms with E-state index < -0.39 is 0 Å². The van der Waals surface area contributed by atoms with Crippen molar-refractivity contribution in [3.63, 3.8) is 0 Å². The highest BCUT2D eigenvalue weighted by Gasteiger charge is 2.10. The van der Waals surface area contributed by atoms with Crippen molar-refractivity contribution in [3.05, 3.63) is 78.1 Å². The molecule has 0 aliphatic heterocycles. The van der Waals surface area contributed by atoms with E-state index in [0.29, 0.717) is 18.1 Å². The molecule has 2 N–H and O–H groups in total. The average Bonchev–Trinajstić information content (AvgIpc) is 3.28. The first-order chi connectivity index (χ1) is 11.8. The van der Waals surface area contributed by atoms with Gasteiger partial charge in [0.15, 0.2) is 0 Å². The lowest BCUT2D eigenvalue weighted by Crippen LogP contribution is -2.22. The van der Waals surface area contributed by atoms with Crippen molar-refractivity contribution >= 4 is 16.9 Å². The number of benzene rings is 2. The summed E-state index contributed by atoms with van der Waals surface area (Å²) in [5.74, 6) is 0.507. The van der Waals surface area contributed by atoms with Crippen molar-refractivity contribution in [2.45, 2.75) is 6.54 Å². The van der Waals surface area contributed by atoms with Gasteiger partial charge < -0.3 is 10.3 Å². The molecule has 2 aromatic heterocycles. The van der Waals surface area contributed by atoms with Crippen LogP contribution in [-0.4, -0.2) is 25.7 Å². The van der Waals surface area contributed by atoms with Gasteiger partial charge in [-0.05, 0) is 29.8 Å². The summed E-state index contributed by atoms with van der Waals surface area (Å²) in [5, 5.41) is 7.07. The Hall–Kier alpha value is -3.41. The lowest BCUT2D eigenvalue weighted by molar-refractivity contribution is 0.0951. The number of imidazole rings is 1. The number of hydrogen-bond donors (Lipinski definition) is 2. The van der Waals surface area contributed by atoms with Crippen LogP contribution >= 0.6 is 0 Å². The number of amides is 1. The van der Waals surface area contributed by atoms with Crippen molar-refractivity contribution in [1.82, 2.24) is 25.1 Å². The molecule has 0 saturated heterocycles. The number of carbonyl (C=O) groups is 1. The summed E-state index contributed by atoms with van der Waals surface area (Å²) in [7, 11) is 0. The predicted octanol–water partition coefficient (Wildman–Crippen LogP) is 2.68. The van der Waals surface area contributed by atoms with E-state index in [2.05, 4.69) is 20.4 Å².